The fourth-order valence-electron chi connectivity index (χ4n) is 8.85. The van der Waals surface area contributed by atoms with Crippen molar-refractivity contribution >= 4 is 103 Å². The van der Waals surface area contributed by atoms with E-state index in [0.29, 0.717) is 108 Å². The molecular formula is C50H54ClN9O6S4. The minimum atomic E-state index is -0.258. The van der Waals surface area contributed by atoms with Crippen molar-refractivity contribution in [2.75, 3.05) is 57.0 Å². The van der Waals surface area contributed by atoms with Crippen LogP contribution in [0.15, 0.2) is 105 Å². The smallest absolute Gasteiger partial charge is 0.257 e. The van der Waals surface area contributed by atoms with Gasteiger partial charge in [-0.2, -0.15) is 0 Å². The van der Waals surface area contributed by atoms with Crippen molar-refractivity contribution < 1.29 is 28.7 Å². The number of anilines is 3. The van der Waals surface area contributed by atoms with Gasteiger partial charge in [-0.25, -0.2) is 15.0 Å². The van der Waals surface area contributed by atoms with Crippen LogP contribution in [-0.4, -0.2) is 123 Å². The van der Waals surface area contributed by atoms with Crippen LogP contribution in [0.3, 0.4) is 0 Å². The summed E-state index contributed by atoms with van der Waals surface area (Å²) in [5, 5.41) is 7.91. The fourth-order valence-corrected chi connectivity index (χ4v) is 13.1. The van der Waals surface area contributed by atoms with E-state index in [4.69, 9.17) is 16.3 Å². The Morgan fingerprint density at radius 3 is 2.26 bits per heavy atom. The van der Waals surface area contributed by atoms with Gasteiger partial charge in [0.05, 0.1) is 38.5 Å². The molecule has 2 aromatic carbocycles. The molecule has 70 heavy (non-hydrogen) atoms. The van der Waals surface area contributed by atoms with E-state index in [-0.39, 0.29) is 53.5 Å². The molecule has 2 aliphatic heterocycles. The number of aromatic nitrogens is 3. The van der Waals surface area contributed by atoms with Crippen molar-refractivity contribution in [1.82, 2.24) is 34.6 Å². The maximum absolute atomic E-state index is 14.4. The van der Waals surface area contributed by atoms with Crippen LogP contribution in [-0.2, 0) is 20.8 Å². The molecule has 2 N–H and O–H groups in total. The highest BCUT2D eigenvalue weighted by Crippen LogP contribution is 2.47. The highest BCUT2D eigenvalue weighted by Gasteiger charge is 2.44. The van der Waals surface area contributed by atoms with E-state index in [2.05, 4.69) is 38.7 Å². The van der Waals surface area contributed by atoms with Crippen molar-refractivity contribution in [2.24, 2.45) is 11.8 Å². The van der Waals surface area contributed by atoms with Crippen LogP contribution in [0.5, 0.6) is 5.75 Å². The maximum atomic E-state index is 14.4. The second-order valence-electron chi connectivity index (χ2n) is 17.3. The Morgan fingerprint density at radius 1 is 0.857 bits per heavy atom. The third-order valence-electron chi connectivity index (χ3n) is 12.7. The van der Waals surface area contributed by atoms with Crippen molar-refractivity contribution in [1.29, 1.82) is 0 Å². The van der Waals surface area contributed by atoms with Gasteiger partial charge >= 0.3 is 0 Å². The van der Waals surface area contributed by atoms with Gasteiger partial charge < -0.3 is 35.0 Å². The zero-order chi connectivity index (χ0) is 49.6. The van der Waals surface area contributed by atoms with Crippen molar-refractivity contribution in [2.45, 2.75) is 76.7 Å². The topological polar surface area (TPSA) is 170 Å². The monoisotopic (exact) mass is 1040 g/mol. The van der Waals surface area contributed by atoms with E-state index < -0.39 is 0 Å². The number of hydrogen-bond donors (Lipinski definition) is 2. The van der Waals surface area contributed by atoms with E-state index in [0.717, 1.165) is 24.4 Å². The van der Waals surface area contributed by atoms with Crippen molar-refractivity contribution in [3.8, 4) is 5.75 Å². The highest BCUT2D eigenvalue weighted by molar-refractivity contribution is 8.01. The largest absolute Gasteiger partial charge is 0.496 e. The number of amides is 5. The minimum Gasteiger partial charge on any atom is -0.496 e. The summed E-state index contributed by atoms with van der Waals surface area (Å²) in [7, 11) is 1.55. The third-order valence-corrected chi connectivity index (χ3v) is 17.3. The van der Waals surface area contributed by atoms with E-state index in [9.17, 15) is 24.0 Å². The van der Waals surface area contributed by atoms with Gasteiger partial charge in [-0.3, -0.25) is 24.0 Å². The molecule has 8 rings (SSSR count). The second-order valence-corrected chi connectivity index (χ2v) is 22.5. The summed E-state index contributed by atoms with van der Waals surface area (Å²) in [6.07, 6.45) is 10.4. The number of halogens is 1. The predicted molar refractivity (Wildman–Crippen MR) is 277 cm³/mol. The third kappa shape index (κ3) is 11.7. The Labute approximate surface area is 429 Å². The Balaban J connectivity index is 0.951. The molecule has 5 amide bonds. The van der Waals surface area contributed by atoms with Crippen molar-refractivity contribution in [3.63, 3.8) is 0 Å². The summed E-state index contributed by atoms with van der Waals surface area (Å²) in [4.78, 5) is 89.1. The lowest BCUT2D eigenvalue weighted by Gasteiger charge is -2.41. The molecule has 0 spiro atoms. The average Bonchev–Trinajstić information content (AvgIpc) is 3.87. The van der Waals surface area contributed by atoms with E-state index >= 15 is 0 Å². The molecule has 5 aromatic rings. The lowest BCUT2D eigenvalue weighted by Crippen LogP contribution is -2.56. The Morgan fingerprint density at radius 2 is 1.54 bits per heavy atom. The molecule has 3 aliphatic rings. The van der Waals surface area contributed by atoms with Gasteiger partial charge in [0.25, 0.3) is 11.8 Å². The first-order valence-electron chi connectivity index (χ1n) is 23.0. The van der Waals surface area contributed by atoms with Crippen LogP contribution in [0.25, 0.3) is 0 Å². The van der Waals surface area contributed by atoms with Crippen molar-refractivity contribution in [3.05, 3.63) is 114 Å². The Kier molecular flexibility index (Phi) is 16.3. The minimum absolute atomic E-state index is 0.0301. The first-order chi connectivity index (χ1) is 33.8. The first-order valence-corrected chi connectivity index (χ1v) is 26.6. The summed E-state index contributed by atoms with van der Waals surface area (Å²) in [6, 6.07) is 12.7. The summed E-state index contributed by atoms with van der Waals surface area (Å²) in [5.74, 6) is 0.166. The lowest BCUT2D eigenvalue weighted by molar-refractivity contribution is -0.130. The number of methoxy groups -OCH3 is 1. The number of rotatable bonds is 16. The van der Waals surface area contributed by atoms with Crippen LogP contribution in [0.2, 0.25) is 5.02 Å². The van der Waals surface area contributed by atoms with Crippen LogP contribution >= 0.6 is 57.8 Å². The van der Waals surface area contributed by atoms with E-state index in [1.807, 2.05) is 57.2 Å². The van der Waals surface area contributed by atoms with Gasteiger partial charge in [0.1, 0.15) is 11.6 Å². The molecule has 3 aromatic heterocycles. The van der Waals surface area contributed by atoms with Crippen LogP contribution in [0, 0.1) is 18.8 Å². The number of hydrogen-bond acceptors (Lipinski definition) is 14. The number of ether oxygens (including phenoxy) is 1. The normalized spacial score (nSPS) is 19.0. The number of nitrogens with one attached hydrogen (secondary N) is 2. The summed E-state index contributed by atoms with van der Waals surface area (Å²) >= 11 is 12.4. The molecule has 20 heteroatoms. The highest BCUT2D eigenvalue weighted by atomic mass is 35.5. The van der Waals surface area contributed by atoms with Gasteiger partial charge in [-0.05, 0) is 105 Å². The zero-order valence-electron chi connectivity index (χ0n) is 39.3. The molecule has 1 saturated carbocycles. The summed E-state index contributed by atoms with van der Waals surface area (Å²) < 4.78 is 7.58. The standard InChI is InChI=1S/C50H54ClN9O6S4/c1-7-33-28-58(17-18-60(33)43(62)9-3)47(64)34-23-40(37(51)19-29(34)4)68-45-26-54-50(70-45)56-46(63)35-21-31(35)20-32-22-38(66-6)36(48(65)57-15-12-16-59(30(5)27-57)42(61)8-2)24-39(32)67-44-25-53-49(69-44)55-41-13-10-11-14-52-41/h8-11,13-14,19,22-26,30-31,33,35H,2-3,7,12,15-18,20-21,27-28H2,1,4-6H3,(H,52,53,55)(H,54,56,63)/t30-,31?,33-,35?/m1/s1. The van der Waals surface area contributed by atoms with Gasteiger partial charge in [0.15, 0.2) is 10.3 Å². The molecule has 3 fully saturated rings. The molecule has 0 radical (unpaired) electrons. The van der Waals surface area contributed by atoms with Crippen LogP contribution < -0.4 is 15.4 Å². The van der Waals surface area contributed by atoms with Gasteiger partial charge in [-0.15, -0.1) is 0 Å². The van der Waals surface area contributed by atoms with Gasteiger partial charge in [0.2, 0.25) is 17.7 Å². The molecule has 2 unspecified atom stereocenters. The number of nitrogens with zero attached hydrogens (tertiary/aromatic N) is 7. The Hall–Kier alpha value is -5.73. The van der Waals surface area contributed by atoms with Gasteiger partial charge in [0, 0.05) is 78.8 Å². The SMILES string of the molecule is C=CC(=O)N1CCN(C(=O)c2cc(Sc3cnc(NC(=O)C4CC4Cc4cc(OC)c(C(=O)N5CCCN(C(=O)C=C)[C@H](C)C5)cc4Sc4cnc(Nc5ccccn5)s4)s3)c(Cl)cc2C)C[C@H]1CC. The molecule has 2 saturated heterocycles. The number of aryl methyl sites for hydroxylation is 1. The molecule has 4 atom stereocenters. The number of thiazole rings is 2. The molecule has 1 aliphatic carbocycles. The summed E-state index contributed by atoms with van der Waals surface area (Å²) in [6.45, 7) is 15.7. The molecule has 0 bridgehead atoms. The number of carbonyl (C=O) groups excluding carboxylic acids is 5. The molecule has 15 nitrogen and oxygen atoms in total. The number of piperazine rings is 1. The average molecular weight is 1040 g/mol. The molecule has 366 valence electrons. The molecular weight excluding hydrogens is 986 g/mol. The number of carbonyl (C=O) groups is 5. The fraction of sp³-hybridized carbons (Fsp3) is 0.360. The molecule has 5 heterocycles. The second kappa shape index (κ2) is 22.6. The zero-order valence-corrected chi connectivity index (χ0v) is 43.3. The Bertz CT molecular complexity index is 2810. The van der Waals surface area contributed by atoms with Crippen LogP contribution in [0.4, 0.5) is 16.1 Å². The van der Waals surface area contributed by atoms with Gasteiger partial charge in [-0.1, -0.05) is 83.9 Å². The summed E-state index contributed by atoms with van der Waals surface area (Å²) in [5.41, 5.74) is 2.65. The first kappa shape index (κ1) is 50.7. The maximum Gasteiger partial charge on any atom is 0.257 e. The lowest BCUT2D eigenvalue weighted by atomic mass is 10.0. The predicted octanol–water partition coefficient (Wildman–Crippen LogP) is 9.33. The van der Waals surface area contributed by atoms with E-state index in [1.54, 1.807) is 51.4 Å². The number of benzene rings is 2. The van der Waals surface area contributed by atoms with E-state index in [1.165, 1.54) is 58.3 Å². The quantitative estimate of drug-likeness (QED) is 0.0900. The van der Waals surface area contributed by atoms with Crippen LogP contribution in [0.1, 0.15) is 65.0 Å². The number of pyridine rings is 1.